The van der Waals surface area contributed by atoms with Gasteiger partial charge in [-0.25, -0.2) is 0 Å². The summed E-state index contributed by atoms with van der Waals surface area (Å²) in [7, 11) is 0. The van der Waals surface area contributed by atoms with Gasteiger partial charge >= 0.3 is 0 Å². The monoisotopic (exact) mass is 183 g/mol. The lowest BCUT2D eigenvalue weighted by atomic mass is 10.1. The van der Waals surface area contributed by atoms with Crippen LogP contribution in [0.4, 0.5) is 5.69 Å². The summed E-state index contributed by atoms with van der Waals surface area (Å²) >= 11 is 0. The van der Waals surface area contributed by atoms with Crippen LogP contribution in [-0.2, 0) is 6.67 Å². The lowest BCUT2D eigenvalue weighted by Crippen LogP contribution is -2.42. The molecule has 2 nitrogen and oxygen atoms in total. The summed E-state index contributed by atoms with van der Waals surface area (Å²) in [5, 5.41) is 3.38. The largest absolute Gasteiger partial charge is 0.329 e. The molecule has 2 heteroatoms. The number of hydrogen-bond donors (Lipinski definition) is 1. The molecule has 1 aliphatic heterocycles. The molecule has 1 aromatic heterocycles. The summed E-state index contributed by atoms with van der Waals surface area (Å²) in [5.41, 5.74) is 3.78. The van der Waals surface area contributed by atoms with Crippen LogP contribution in [0.2, 0.25) is 0 Å². The lowest BCUT2D eigenvalue weighted by Gasteiger charge is -2.15. The fourth-order valence-corrected chi connectivity index (χ4v) is 1.89. The van der Waals surface area contributed by atoms with Crippen molar-refractivity contribution in [2.45, 2.75) is 6.67 Å². The molecule has 0 amide bonds. The van der Waals surface area contributed by atoms with Crippen LogP contribution in [0.25, 0.3) is 11.3 Å². The van der Waals surface area contributed by atoms with Crippen LogP contribution < -0.4 is 9.88 Å². The highest BCUT2D eigenvalue weighted by Crippen LogP contribution is 2.27. The molecule has 68 valence electrons. The molecule has 2 heterocycles. The third-order valence-corrected chi connectivity index (χ3v) is 2.58. The maximum absolute atomic E-state index is 3.38. The maximum Gasteiger partial charge on any atom is 0.222 e. The zero-order chi connectivity index (χ0) is 9.38. The zero-order valence-corrected chi connectivity index (χ0v) is 7.77. The Hall–Kier alpha value is -1.83. The molecular formula is C12H11N2+. The Bertz CT molecular complexity index is 432. The molecule has 0 aliphatic carbocycles. The lowest BCUT2D eigenvalue weighted by molar-refractivity contribution is -0.681. The highest BCUT2D eigenvalue weighted by atomic mass is 15.1. The summed E-state index contributed by atoms with van der Waals surface area (Å²) in [5.74, 6) is 0. The van der Waals surface area contributed by atoms with Crippen molar-refractivity contribution in [3.05, 3.63) is 48.7 Å². The number of anilines is 1. The first-order valence-electron chi connectivity index (χ1n) is 4.77. The number of fused-ring (bicyclic) bond motifs is 3. The molecule has 3 rings (SSSR count). The SMILES string of the molecule is c1ccc2c(c1)NC[n+]1ccccc1-2. The van der Waals surface area contributed by atoms with E-state index in [0.717, 1.165) is 6.67 Å². The summed E-state index contributed by atoms with van der Waals surface area (Å²) in [6.45, 7) is 0.854. The number of aromatic nitrogens is 1. The molecule has 1 N–H and O–H groups in total. The first-order valence-corrected chi connectivity index (χ1v) is 4.77. The third-order valence-electron chi connectivity index (χ3n) is 2.58. The highest BCUT2D eigenvalue weighted by molar-refractivity contribution is 5.74. The quantitative estimate of drug-likeness (QED) is 0.618. The molecule has 0 fully saturated rings. The minimum absolute atomic E-state index is 0.854. The van der Waals surface area contributed by atoms with Crippen LogP contribution in [0.5, 0.6) is 0 Å². The molecule has 0 radical (unpaired) electrons. The number of benzene rings is 1. The van der Waals surface area contributed by atoms with Gasteiger partial charge in [-0.3, -0.25) is 0 Å². The number of nitrogens with one attached hydrogen (secondary N) is 1. The second kappa shape index (κ2) is 2.84. The molecule has 0 saturated carbocycles. The Labute approximate surface area is 82.8 Å². The average molecular weight is 183 g/mol. The van der Waals surface area contributed by atoms with E-state index >= 15 is 0 Å². The highest BCUT2D eigenvalue weighted by Gasteiger charge is 2.19. The first-order chi connectivity index (χ1) is 6.95. The molecule has 0 spiro atoms. The molecule has 1 aromatic carbocycles. The summed E-state index contributed by atoms with van der Waals surface area (Å²) in [4.78, 5) is 0. The number of hydrogen-bond acceptors (Lipinski definition) is 1. The van der Waals surface area contributed by atoms with E-state index < -0.39 is 0 Å². The van der Waals surface area contributed by atoms with Crippen molar-refractivity contribution in [1.82, 2.24) is 0 Å². The molecule has 2 aromatic rings. The molecular weight excluding hydrogens is 172 g/mol. The third kappa shape index (κ3) is 1.01. The Morgan fingerprint density at radius 2 is 1.86 bits per heavy atom. The van der Waals surface area contributed by atoms with E-state index in [-0.39, 0.29) is 0 Å². The Morgan fingerprint density at radius 3 is 2.86 bits per heavy atom. The van der Waals surface area contributed by atoms with Crippen molar-refractivity contribution in [2.24, 2.45) is 0 Å². The Balaban J connectivity index is 2.29. The minimum atomic E-state index is 0.854. The number of nitrogens with zero attached hydrogens (tertiary/aromatic N) is 1. The van der Waals surface area contributed by atoms with E-state index in [1.54, 1.807) is 0 Å². The van der Waals surface area contributed by atoms with Gasteiger partial charge in [0, 0.05) is 12.1 Å². The van der Waals surface area contributed by atoms with E-state index in [0.29, 0.717) is 0 Å². The van der Waals surface area contributed by atoms with E-state index in [2.05, 4.69) is 58.5 Å². The summed E-state index contributed by atoms with van der Waals surface area (Å²) in [6, 6.07) is 14.7. The second-order valence-corrected chi connectivity index (χ2v) is 3.44. The van der Waals surface area contributed by atoms with E-state index in [9.17, 15) is 0 Å². The van der Waals surface area contributed by atoms with Crippen molar-refractivity contribution in [3.8, 4) is 11.3 Å². The van der Waals surface area contributed by atoms with Gasteiger partial charge < -0.3 is 5.32 Å². The number of pyridine rings is 1. The summed E-state index contributed by atoms with van der Waals surface area (Å²) in [6.07, 6.45) is 2.10. The van der Waals surface area contributed by atoms with Crippen molar-refractivity contribution in [1.29, 1.82) is 0 Å². The predicted octanol–water partition coefficient (Wildman–Crippen LogP) is 2.02. The smallest absolute Gasteiger partial charge is 0.222 e. The normalized spacial score (nSPS) is 12.6. The molecule has 0 unspecified atom stereocenters. The molecule has 14 heavy (non-hydrogen) atoms. The van der Waals surface area contributed by atoms with E-state index in [1.807, 2.05) is 0 Å². The van der Waals surface area contributed by atoms with Crippen molar-refractivity contribution in [3.63, 3.8) is 0 Å². The Morgan fingerprint density at radius 1 is 1.00 bits per heavy atom. The number of para-hydroxylation sites is 1. The first kappa shape index (κ1) is 7.56. The molecule has 0 bridgehead atoms. The van der Waals surface area contributed by atoms with E-state index in [1.165, 1.54) is 16.9 Å². The summed E-state index contributed by atoms with van der Waals surface area (Å²) < 4.78 is 2.21. The standard InChI is InChI=1S/C12H10N2/c1-2-6-11-10(5-1)12-7-3-4-8-14(12)9-13-11/h1-8H,9H2/p+1. The van der Waals surface area contributed by atoms with Crippen LogP contribution in [0, 0.1) is 0 Å². The fourth-order valence-electron chi connectivity index (χ4n) is 1.89. The van der Waals surface area contributed by atoms with Gasteiger partial charge in [-0.05, 0) is 18.2 Å². The topological polar surface area (TPSA) is 15.9 Å². The average Bonchev–Trinajstić information content (AvgIpc) is 2.29. The van der Waals surface area contributed by atoms with Gasteiger partial charge in [-0.15, -0.1) is 0 Å². The molecule has 0 atom stereocenters. The van der Waals surface area contributed by atoms with Gasteiger partial charge in [0.15, 0.2) is 6.20 Å². The van der Waals surface area contributed by atoms with Crippen LogP contribution in [0.1, 0.15) is 0 Å². The van der Waals surface area contributed by atoms with Gasteiger partial charge in [0.2, 0.25) is 12.4 Å². The maximum atomic E-state index is 3.38. The Kier molecular flexibility index (Phi) is 1.53. The number of rotatable bonds is 0. The van der Waals surface area contributed by atoms with Gasteiger partial charge in [-0.2, -0.15) is 4.57 Å². The zero-order valence-electron chi connectivity index (χ0n) is 7.77. The van der Waals surface area contributed by atoms with E-state index in [4.69, 9.17) is 0 Å². The van der Waals surface area contributed by atoms with Crippen LogP contribution in [-0.4, -0.2) is 0 Å². The van der Waals surface area contributed by atoms with Crippen LogP contribution >= 0.6 is 0 Å². The van der Waals surface area contributed by atoms with Gasteiger partial charge in [-0.1, -0.05) is 12.1 Å². The van der Waals surface area contributed by atoms with Crippen molar-refractivity contribution in [2.75, 3.05) is 5.32 Å². The molecule has 0 saturated heterocycles. The van der Waals surface area contributed by atoms with Crippen molar-refractivity contribution >= 4 is 5.69 Å². The predicted molar refractivity (Wildman–Crippen MR) is 55.7 cm³/mol. The van der Waals surface area contributed by atoms with Gasteiger partial charge in [0.25, 0.3) is 0 Å². The van der Waals surface area contributed by atoms with Gasteiger partial charge in [0.1, 0.15) is 0 Å². The van der Waals surface area contributed by atoms with Gasteiger partial charge in [0.05, 0.1) is 11.3 Å². The van der Waals surface area contributed by atoms with Crippen molar-refractivity contribution < 1.29 is 4.57 Å². The van der Waals surface area contributed by atoms with Crippen LogP contribution in [0.15, 0.2) is 48.7 Å². The fraction of sp³-hybridized carbons (Fsp3) is 0.0833. The second-order valence-electron chi connectivity index (χ2n) is 3.44. The van der Waals surface area contributed by atoms with Crippen LogP contribution in [0.3, 0.4) is 0 Å². The molecule has 1 aliphatic rings. The minimum Gasteiger partial charge on any atom is -0.329 e.